The van der Waals surface area contributed by atoms with E-state index >= 15 is 0 Å². The molecule has 0 amide bonds. The molecule has 1 aromatic carbocycles. The molecular formula is C13H20O3S. The Morgan fingerprint density at radius 3 is 2.00 bits per heavy atom. The average Bonchev–Trinajstić information content (AvgIpc) is 2.28. The van der Waals surface area contributed by atoms with Crippen LogP contribution < -0.4 is 0 Å². The summed E-state index contributed by atoms with van der Waals surface area (Å²) < 4.78 is 22.7. The zero-order valence-corrected chi connectivity index (χ0v) is 11.6. The van der Waals surface area contributed by atoms with Crippen LogP contribution >= 0.6 is 0 Å². The maximum atomic E-state index is 11.4. The summed E-state index contributed by atoms with van der Waals surface area (Å²) in [6.45, 7) is 5.31. The van der Waals surface area contributed by atoms with Gasteiger partial charge in [0.1, 0.15) is 11.0 Å². The van der Waals surface area contributed by atoms with Gasteiger partial charge in [0.05, 0.1) is 0 Å². The summed E-state index contributed by atoms with van der Waals surface area (Å²) in [4.78, 5) is 11.2. The first-order valence-corrected chi connectivity index (χ1v) is 7.60. The molecule has 0 aliphatic heterocycles. The van der Waals surface area contributed by atoms with Crippen LogP contribution in [0, 0.1) is 0 Å². The molecule has 17 heavy (non-hydrogen) atoms. The van der Waals surface area contributed by atoms with Gasteiger partial charge in [0, 0.05) is 6.26 Å². The van der Waals surface area contributed by atoms with Gasteiger partial charge in [-0.15, -0.1) is 0 Å². The van der Waals surface area contributed by atoms with E-state index in [1.54, 1.807) is 0 Å². The Morgan fingerprint density at radius 1 is 1.18 bits per heavy atom. The van der Waals surface area contributed by atoms with Crippen LogP contribution in [-0.2, 0) is 21.1 Å². The van der Waals surface area contributed by atoms with Gasteiger partial charge in [0.25, 0.3) is 0 Å². The third-order valence-corrected chi connectivity index (χ3v) is 3.77. The second-order valence-corrected chi connectivity index (χ2v) is 5.85. The molecule has 1 aromatic rings. The van der Waals surface area contributed by atoms with Crippen LogP contribution in [-0.4, -0.2) is 25.7 Å². The van der Waals surface area contributed by atoms with Crippen molar-refractivity contribution in [3.63, 3.8) is 0 Å². The standard InChI is InChI=1S/C11H14O3S.C2H6/c1-9(12)11(15(2,13)14)8-10-6-4-3-5-7-10;1-2/h3-7,11H,8H2,1-2H3;1-2H3. The van der Waals surface area contributed by atoms with Crippen molar-refractivity contribution in [2.24, 2.45) is 0 Å². The van der Waals surface area contributed by atoms with Gasteiger partial charge in [-0.05, 0) is 18.9 Å². The van der Waals surface area contributed by atoms with E-state index in [0.29, 0.717) is 0 Å². The molecule has 1 unspecified atom stereocenters. The predicted molar refractivity (Wildman–Crippen MR) is 70.8 cm³/mol. The number of sulfone groups is 1. The molecule has 0 aliphatic rings. The summed E-state index contributed by atoms with van der Waals surface area (Å²) in [5.41, 5.74) is 0.864. The Morgan fingerprint density at radius 2 is 1.65 bits per heavy atom. The van der Waals surface area contributed by atoms with E-state index in [1.165, 1.54) is 6.92 Å². The summed E-state index contributed by atoms with van der Waals surface area (Å²) in [6.07, 6.45) is 1.36. The second kappa shape index (κ2) is 7.22. The van der Waals surface area contributed by atoms with Crippen molar-refractivity contribution in [3.8, 4) is 0 Å². The molecule has 96 valence electrons. The monoisotopic (exact) mass is 256 g/mol. The number of carbonyl (C=O) groups excluding carboxylic acids is 1. The summed E-state index contributed by atoms with van der Waals surface area (Å²) in [5, 5.41) is -0.917. The van der Waals surface area contributed by atoms with E-state index in [4.69, 9.17) is 0 Å². The minimum Gasteiger partial charge on any atom is -0.299 e. The molecule has 3 nitrogen and oxygen atoms in total. The van der Waals surface area contributed by atoms with Crippen molar-refractivity contribution in [1.29, 1.82) is 0 Å². The SMILES string of the molecule is CC.CC(=O)C(Cc1ccccc1)S(C)(=O)=O. The Bertz CT molecular complexity index is 435. The fourth-order valence-corrected chi connectivity index (χ4v) is 2.52. The quantitative estimate of drug-likeness (QED) is 0.830. The molecule has 1 rings (SSSR count). The molecule has 0 fully saturated rings. The van der Waals surface area contributed by atoms with E-state index < -0.39 is 15.1 Å². The lowest BCUT2D eigenvalue weighted by molar-refractivity contribution is -0.116. The number of rotatable bonds is 4. The van der Waals surface area contributed by atoms with Crippen LogP contribution in [0.15, 0.2) is 30.3 Å². The van der Waals surface area contributed by atoms with E-state index in [2.05, 4.69) is 0 Å². The van der Waals surface area contributed by atoms with Gasteiger partial charge in [0.15, 0.2) is 9.84 Å². The van der Waals surface area contributed by atoms with Crippen LogP contribution in [0.1, 0.15) is 26.3 Å². The third-order valence-electron chi connectivity index (χ3n) is 2.23. The van der Waals surface area contributed by atoms with Crippen molar-refractivity contribution in [3.05, 3.63) is 35.9 Å². The number of benzene rings is 1. The average molecular weight is 256 g/mol. The van der Waals surface area contributed by atoms with Crippen LogP contribution in [0.25, 0.3) is 0 Å². The molecule has 0 saturated heterocycles. The Balaban J connectivity index is 0.00000121. The number of carbonyl (C=O) groups is 1. The molecule has 0 aromatic heterocycles. The van der Waals surface area contributed by atoms with E-state index in [0.717, 1.165) is 11.8 Å². The fraction of sp³-hybridized carbons (Fsp3) is 0.462. The minimum absolute atomic E-state index is 0.259. The van der Waals surface area contributed by atoms with Crippen LogP contribution in [0.3, 0.4) is 0 Å². The molecule has 4 heteroatoms. The zero-order chi connectivity index (χ0) is 13.5. The second-order valence-electron chi connectivity index (χ2n) is 3.62. The third kappa shape index (κ3) is 5.63. The molecule has 0 heterocycles. The highest BCUT2D eigenvalue weighted by atomic mass is 32.2. The molecule has 0 spiro atoms. The van der Waals surface area contributed by atoms with Gasteiger partial charge < -0.3 is 0 Å². The van der Waals surface area contributed by atoms with Gasteiger partial charge >= 0.3 is 0 Å². The molecular weight excluding hydrogens is 236 g/mol. The largest absolute Gasteiger partial charge is 0.299 e. The molecule has 0 saturated carbocycles. The van der Waals surface area contributed by atoms with Gasteiger partial charge in [-0.3, -0.25) is 4.79 Å². The predicted octanol–water partition coefficient (Wildman–Crippen LogP) is 2.26. The molecule has 0 aliphatic carbocycles. The highest BCUT2D eigenvalue weighted by Crippen LogP contribution is 2.10. The Kier molecular flexibility index (Phi) is 6.73. The molecule has 0 N–H and O–H groups in total. The fourth-order valence-electron chi connectivity index (χ4n) is 1.42. The summed E-state index contributed by atoms with van der Waals surface area (Å²) in [6, 6.07) is 9.15. The molecule has 1 atom stereocenters. The van der Waals surface area contributed by atoms with Crippen LogP contribution in [0.2, 0.25) is 0 Å². The first-order chi connectivity index (χ1) is 7.91. The van der Waals surface area contributed by atoms with Gasteiger partial charge in [-0.25, -0.2) is 8.42 Å². The van der Waals surface area contributed by atoms with Crippen LogP contribution in [0.5, 0.6) is 0 Å². The number of ketones is 1. The van der Waals surface area contributed by atoms with Gasteiger partial charge in [-0.2, -0.15) is 0 Å². The van der Waals surface area contributed by atoms with Crippen molar-refractivity contribution >= 4 is 15.6 Å². The smallest absolute Gasteiger partial charge is 0.157 e. The number of hydrogen-bond acceptors (Lipinski definition) is 3. The maximum Gasteiger partial charge on any atom is 0.157 e. The lowest BCUT2D eigenvalue weighted by Crippen LogP contribution is -2.29. The summed E-state index contributed by atoms with van der Waals surface area (Å²) in [5.74, 6) is -0.304. The molecule has 0 bridgehead atoms. The first kappa shape index (κ1) is 15.8. The normalized spacial score (nSPS) is 12.2. The van der Waals surface area contributed by atoms with Crippen molar-refractivity contribution in [2.45, 2.75) is 32.4 Å². The van der Waals surface area contributed by atoms with Gasteiger partial charge in [0.2, 0.25) is 0 Å². The molecule has 0 radical (unpaired) electrons. The number of hydrogen-bond donors (Lipinski definition) is 0. The van der Waals surface area contributed by atoms with Crippen molar-refractivity contribution < 1.29 is 13.2 Å². The lowest BCUT2D eigenvalue weighted by atomic mass is 10.1. The number of Topliss-reactive ketones (excluding diaryl/α,β-unsaturated/α-hetero) is 1. The minimum atomic E-state index is -3.31. The van der Waals surface area contributed by atoms with Crippen LogP contribution in [0.4, 0.5) is 0 Å². The highest BCUT2D eigenvalue weighted by Gasteiger charge is 2.25. The Hall–Kier alpha value is -1.16. The van der Waals surface area contributed by atoms with E-state index in [1.807, 2.05) is 44.2 Å². The summed E-state index contributed by atoms with van der Waals surface area (Å²) >= 11 is 0. The lowest BCUT2D eigenvalue weighted by Gasteiger charge is -2.11. The van der Waals surface area contributed by atoms with Crippen molar-refractivity contribution in [1.82, 2.24) is 0 Å². The first-order valence-electron chi connectivity index (χ1n) is 5.64. The highest BCUT2D eigenvalue weighted by molar-refractivity contribution is 7.92. The van der Waals surface area contributed by atoms with E-state index in [-0.39, 0.29) is 12.2 Å². The topological polar surface area (TPSA) is 51.2 Å². The zero-order valence-electron chi connectivity index (χ0n) is 10.8. The van der Waals surface area contributed by atoms with E-state index in [9.17, 15) is 13.2 Å². The Labute approximate surface area is 104 Å². The van der Waals surface area contributed by atoms with Gasteiger partial charge in [-0.1, -0.05) is 44.2 Å². The van der Waals surface area contributed by atoms with Crippen molar-refractivity contribution in [2.75, 3.05) is 6.26 Å². The maximum absolute atomic E-state index is 11.4. The summed E-state index contributed by atoms with van der Waals surface area (Å²) in [7, 11) is -3.31.